The summed E-state index contributed by atoms with van der Waals surface area (Å²) in [6, 6.07) is 3.36. The van der Waals surface area contributed by atoms with Crippen molar-refractivity contribution in [1.82, 2.24) is 5.32 Å². The van der Waals surface area contributed by atoms with Crippen LogP contribution in [0.5, 0.6) is 5.75 Å². The Morgan fingerprint density at radius 2 is 2.28 bits per heavy atom. The van der Waals surface area contributed by atoms with Crippen LogP contribution in [0.3, 0.4) is 0 Å². The molecular weight excluding hydrogens is 257 g/mol. The molecule has 0 aromatic heterocycles. The van der Waals surface area contributed by atoms with E-state index in [9.17, 15) is 14.3 Å². The molecule has 18 heavy (non-hydrogen) atoms. The number of benzene rings is 1. The van der Waals surface area contributed by atoms with Gasteiger partial charge in [0.25, 0.3) is 5.91 Å². The van der Waals surface area contributed by atoms with Gasteiger partial charge in [-0.15, -0.1) is 11.6 Å². The number of alkyl halides is 1. The third-order valence-corrected chi connectivity index (χ3v) is 3.63. The molecule has 0 aliphatic heterocycles. The fourth-order valence-corrected chi connectivity index (χ4v) is 2.61. The number of hydrogen-bond acceptors (Lipinski definition) is 2. The molecule has 2 N–H and O–H groups in total. The Hall–Kier alpha value is -1.29. The summed E-state index contributed by atoms with van der Waals surface area (Å²) in [6.07, 6.45) is 2.88. The van der Waals surface area contributed by atoms with Crippen molar-refractivity contribution >= 4 is 17.5 Å². The number of halogens is 2. The topological polar surface area (TPSA) is 49.3 Å². The summed E-state index contributed by atoms with van der Waals surface area (Å²) in [4.78, 5) is 11.8. The zero-order chi connectivity index (χ0) is 13.1. The van der Waals surface area contributed by atoms with Gasteiger partial charge in [-0.1, -0.05) is 0 Å². The van der Waals surface area contributed by atoms with Gasteiger partial charge in [-0.25, -0.2) is 4.39 Å². The molecule has 0 heterocycles. The lowest BCUT2D eigenvalue weighted by atomic mass is 10.1. The van der Waals surface area contributed by atoms with Gasteiger partial charge in [0, 0.05) is 18.0 Å². The zero-order valence-corrected chi connectivity index (χ0v) is 10.6. The number of rotatable bonds is 3. The van der Waals surface area contributed by atoms with Crippen molar-refractivity contribution < 1.29 is 14.3 Å². The first-order chi connectivity index (χ1) is 8.56. The third-order valence-electron chi connectivity index (χ3n) is 3.23. The number of aromatic hydroxyl groups is 1. The van der Waals surface area contributed by atoms with E-state index in [1.54, 1.807) is 0 Å². The minimum atomic E-state index is -0.565. The molecule has 1 amide bonds. The first-order valence-corrected chi connectivity index (χ1v) is 6.40. The van der Waals surface area contributed by atoms with Crippen molar-refractivity contribution in [2.75, 3.05) is 6.54 Å². The molecule has 1 aliphatic rings. The van der Waals surface area contributed by atoms with E-state index < -0.39 is 5.82 Å². The predicted octanol–water partition coefficient (Wildman–Crippen LogP) is 2.67. The predicted molar refractivity (Wildman–Crippen MR) is 67.4 cm³/mol. The highest BCUT2D eigenvalue weighted by Gasteiger charge is 2.23. The van der Waals surface area contributed by atoms with Gasteiger partial charge in [0.05, 0.1) is 5.56 Å². The molecule has 0 bridgehead atoms. The quantitative estimate of drug-likeness (QED) is 0.831. The van der Waals surface area contributed by atoms with Crippen molar-refractivity contribution in [2.24, 2.45) is 5.92 Å². The lowest BCUT2D eigenvalue weighted by molar-refractivity contribution is 0.0944. The molecule has 1 saturated carbocycles. The Morgan fingerprint density at radius 1 is 1.50 bits per heavy atom. The Morgan fingerprint density at radius 3 is 2.89 bits per heavy atom. The first kappa shape index (κ1) is 13.1. The molecule has 0 saturated heterocycles. The smallest absolute Gasteiger partial charge is 0.255 e. The van der Waals surface area contributed by atoms with E-state index in [1.165, 1.54) is 6.07 Å². The molecule has 98 valence electrons. The third kappa shape index (κ3) is 3.13. The van der Waals surface area contributed by atoms with Crippen molar-refractivity contribution in [2.45, 2.75) is 24.6 Å². The minimum absolute atomic E-state index is 0.0943. The second-order valence-electron chi connectivity index (χ2n) is 4.65. The number of phenolic OH excluding ortho intramolecular Hbond substituents is 1. The largest absolute Gasteiger partial charge is 0.507 e. The van der Waals surface area contributed by atoms with Crippen LogP contribution in [0.2, 0.25) is 0 Å². The van der Waals surface area contributed by atoms with Gasteiger partial charge in [0.1, 0.15) is 11.6 Å². The van der Waals surface area contributed by atoms with Gasteiger partial charge < -0.3 is 10.4 Å². The summed E-state index contributed by atoms with van der Waals surface area (Å²) in [6.45, 7) is 0.541. The van der Waals surface area contributed by atoms with Crippen molar-refractivity contribution in [1.29, 1.82) is 0 Å². The average Bonchev–Trinajstić information content (AvgIpc) is 2.72. The second-order valence-corrected chi connectivity index (χ2v) is 5.27. The van der Waals surface area contributed by atoms with E-state index in [0.717, 1.165) is 31.4 Å². The molecular formula is C13H15ClFNO2. The maximum atomic E-state index is 12.8. The number of phenols is 1. The summed E-state index contributed by atoms with van der Waals surface area (Å²) in [5.74, 6) is -0.900. The van der Waals surface area contributed by atoms with E-state index in [1.807, 2.05) is 0 Å². The van der Waals surface area contributed by atoms with Crippen LogP contribution in [0.15, 0.2) is 18.2 Å². The fraction of sp³-hybridized carbons (Fsp3) is 0.462. The molecule has 0 radical (unpaired) electrons. The fourth-order valence-electron chi connectivity index (χ4n) is 2.23. The SMILES string of the molecule is O=C(NCC1CCC(Cl)C1)c1ccc(F)cc1O. The molecule has 2 unspecified atom stereocenters. The summed E-state index contributed by atoms with van der Waals surface area (Å²) in [5, 5.41) is 12.4. The summed E-state index contributed by atoms with van der Waals surface area (Å²) in [5.41, 5.74) is 0.0943. The average molecular weight is 272 g/mol. The molecule has 3 nitrogen and oxygen atoms in total. The molecule has 1 aliphatic carbocycles. The normalized spacial score (nSPS) is 23.0. The minimum Gasteiger partial charge on any atom is -0.507 e. The second kappa shape index (κ2) is 5.57. The van der Waals surface area contributed by atoms with Crippen LogP contribution >= 0.6 is 11.6 Å². The first-order valence-electron chi connectivity index (χ1n) is 5.97. The lowest BCUT2D eigenvalue weighted by Gasteiger charge is -2.11. The van der Waals surface area contributed by atoms with Crippen LogP contribution in [0.25, 0.3) is 0 Å². The number of nitrogens with one attached hydrogen (secondary N) is 1. The number of hydrogen-bond donors (Lipinski definition) is 2. The maximum absolute atomic E-state index is 12.8. The van der Waals surface area contributed by atoms with Crippen LogP contribution in [-0.2, 0) is 0 Å². The van der Waals surface area contributed by atoms with Crippen LogP contribution in [0.1, 0.15) is 29.6 Å². The number of carbonyl (C=O) groups excluding carboxylic acids is 1. The highest BCUT2D eigenvalue weighted by Crippen LogP contribution is 2.28. The van der Waals surface area contributed by atoms with Gasteiger partial charge >= 0.3 is 0 Å². The Balaban J connectivity index is 1.91. The molecule has 1 aromatic carbocycles. The highest BCUT2D eigenvalue weighted by molar-refractivity contribution is 6.20. The van der Waals surface area contributed by atoms with Gasteiger partial charge in [-0.05, 0) is 37.3 Å². The van der Waals surface area contributed by atoms with Crippen molar-refractivity contribution in [3.05, 3.63) is 29.6 Å². The number of amides is 1. The molecule has 0 spiro atoms. The zero-order valence-electron chi connectivity index (χ0n) is 9.83. The van der Waals surface area contributed by atoms with Crippen LogP contribution < -0.4 is 5.32 Å². The maximum Gasteiger partial charge on any atom is 0.255 e. The van der Waals surface area contributed by atoms with Crippen LogP contribution in [0.4, 0.5) is 4.39 Å². The standard InChI is InChI=1S/C13H15ClFNO2/c14-9-2-1-8(5-9)7-16-13(18)11-4-3-10(15)6-12(11)17/h3-4,6,8-9,17H,1-2,5,7H2,(H,16,18). The van der Waals surface area contributed by atoms with Crippen molar-refractivity contribution in [3.8, 4) is 5.75 Å². The Kier molecular flexibility index (Phi) is 4.07. The van der Waals surface area contributed by atoms with Gasteiger partial charge in [0.2, 0.25) is 0 Å². The van der Waals surface area contributed by atoms with E-state index in [-0.39, 0.29) is 22.6 Å². The van der Waals surface area contributed by atoms with E-state index in [4.69, 9.17) is 11.6 Å². The van der Waals surface area contributed by atoms with Gasteiger partial charge in [0.15, 0.2) is 0 Å². The Bertz CT molecular complexity index is 453. The highest BCUT2D eigenvalue weighted by atomic mass is 35.5. The molecule has 5 heteroatoms. The monoisotopic (exact) mass is 271 g/mol. The molecule has 1 fully saturated rings. The summed E-state index contributed by atoms with van der Waals surface area (Å²) < 4.78 is 12.8. The van der Waals surface area contributed by atoms with E-state index in [0.29, 0.717) is 12.5 Å². The van der Waals surface area contributed by atoms with Crippen LogP contribution in [-0.4, -0.2) is 22.9 Å². The van der Waals surface area contributed by atoms with Crippen LogP contribution in [0, 0.1) is 11.7 Å². The van der Waals surface area contributed by atoms with E-state index >= 15 is 0 Å². The summed E-state index contributed by atoms with van der Waals surface area (Å²) >= 11 is 5.99. The molecule has 1 aromatic rings. The van der Waals surface area contributed by atoms with E-state index in [2.05, 4.69) is 5.32 Å². The lowest BCUT2D eigenvalue weighted by Crippen LogP contribution is -2.28. The number of carbonyl (C=O) groups is 1. The molecule has 2 atom stereocenters. The Labute approximate surface area is 110 Å². The van der Waals surface area contributed by atoms with Crippen molar-refractivity contribution in [3.63, 3.8) is 0 Å². The van der Waals surface area contributed by atoms with Gasteiger partial charge in [-0.3, -0.25) is 4.79 Å². The molecule has 2 rings (SSSR count). The van der Waals surface area contributed by atoms with Gasteiger partial charge in [-0.2, -0.15) is 0 Å². The summed E-state index contributed by atoms with van der Waals surface area (Å²) in [7, 11) is 0.